The third-order valence-corrected chi connectivity index (χ3v) is 6.22. The Morgan fingerprint density at radius 1 is 1.00 bits per heavy atom. The van der Waals surface area contributed by atoms with Gasteiger partial charge in [-0.25, -0.2) is 13.6 Å². The zero-order chi connectivity index (χ0) is 18.1. The van der Waals surface area contributed by atoms with Gasteiger partial charge in [0.05, 0.1) is 22.3 Å². The summed E-state index contributed by atoms with van der Waals surface area (Å²) in [5.41, 5.74) is 2.94. The number of nitrogens with zero attached hydrogens (tertiary/aromatic N) is 2. The Hall–Kier alpha value is -2.48. The van der Waals surface area contributed by atoms with Crippen molar-refractivity contribution in [3.63, 3.8) is 0 Å². The van der Waals surface area contributed by atoms with Gasteiger partial charge in [0.15, 0.2) is 0 Å². The van der Waals surface area contributed by atoms with Gasteiger partial charge in [-0.05, 0) is 41.3 Å². The first-order chi connectivity index (χ1) is 12.5. The monoisotopic (exact) mass is 383 g/mol. The van der Waals surface area contributed by atoms with E-state index in [1.165, 1.54) is 17.0 Å². The van der Waals surface area contributed by atoms with Crippen molar-refractivity contribution < 1.29 is 8.42 Å². The Kier molecular flexibility index (Phi) is 4.36. The summed E-state index contributed by atoms with van der Waals surface area (Å²) in [7, 11) is -3.71. The molecule has 0 fully saturated rings. The van der Waals surface area contributed by atoms with Crippen LogP contribution in [0.4, 0.5) is 5.69 Å². The van der Waals surface area contributed by atoms with Gasteiger partial charge in [-0.15, -0.1) is 11.3 Å². The molecule has 0 amide bonds. The maximum Gasteiger partial charge on any atom is 0.238 e. The number of benzene rings is 2. The first kappa shape index (κ1) is 17.0. The van der Waals surface area contributed by atoms with Crippen LogP contribution in [0.15, 0.2) is 82.1 Å². The highest BCUT2D eigenvalue weighted by molar-refractivity contribution is 7.89. The van der Waals surface area contributed by atoms with E-state index in [0.717, 1.165) is 23.4 Å². The zero-order valence-electron chi connectivity index (χ0n) is 13.8. The minimum absolute atomic E-state index is 0.0885. The quantitative estimate of drug-likeness (QED) is 0.745. The molecule has 0 aliphatic carbocycles. The molecule has 5 nitrogen and oxygen atoms in total. The summed E-state index contributed by atoms with van der Waals surface area (Å²) in [6.07, 6.45) is 0.793. The molecule has 1 aliphatic heterocycles. The summed E-state index contributed by atoms with van der Waals surface area (Å²) in [4.78, 5) is 1.32. The van der Waals surface area contributed by atoms with Gasteiger partial charge in [0.25, 0.3) is 0 Å². The van der Waals surface area contributed by atoms with E-state index in [0.29, 0.717) is 0 Å². The Balaban J connectivity index is 1.73. The van der Waals surface area contributed by atoms with Crippen LogP contribution >= 0.6 is 11.3 Å². The number of hydrazone groups is 1. The summed E-state index contributed by atoms with van der Waals surface area (Å²) in [5.74, 6) is 0. The first-order valence-electron chi connectivity index (χ1n) is 8.11. The second-order valence-corrected chi connectivity index (χ2v) is 8.57. The normalized spacial score (nSPS) is 17.3. The molecule has 0 bridgehead atoms. The lowest BCUT2D eigenvalue weighted by molar-refractivity contribution is 0.598. The zero-order valence-corrected chi connectivity index (χ0v) is 15.5. The van der Waals surface area contributed by atoms with Crippen molar-refractivity contribution in [2.75, 3.05) is 5.01 Å². The highest BCUT2D eigenvalue weighted by Gasteiger charge is 2.30. The molecule has 7 heteroatoms. The molecule has 0 spiro atoms. The predicted molar refractivity (Wildman–Crippen MR) is 105 cm³/mol. The van der Waals surface area contributed by atoms with Gasteiger partial charge in [0.2, 0.25) is 10.0 Å². The lowest BCUT2D eigenvalue weighted by atomic mass is 10.0. The molecule has 2 aromatic carbocycles. The number of hydrogen-bond donors (Lipinski definition) is 1. The highest BCUT2D eigenvalue weighted by atomic mass is 32.2. The van der Waals surface area contributed by atoms with Gasteiger partial charge in [0, 0.05) is 11.3 Å². The predicted octanol–water partition coefficient (Wildman–Crippen LogP) is 3.75. The summed E-state index contributed by atoms with van der Waals surface area (Å²) in [5, 5.41) is 14.0. The Morgan fingerprint density at radius 3 is 2.35 bits per heavy atom. The number of rotatable bonds is 4. The van der Waals surface area contributed by atoms with Gasteiger partial charge in [-0.2, -0.15) is 5.10 Å². The standard InChI is InChI=1S/C19H17N3O2S2/c20-26(23,24)16-10-8-15(9-11-16)22-18(19-7-4-12-25-19)13-17(21-22)14-5-2-1-3-6-14/h1-12,18H,13H2,(H2,20,23,24). The van der Waals surface area contributed by atoms with Gasteiger partial charge >= 0.3 is 0 Å². The van der Waals surface area contributed by atoms with Crippen LogP contribution in [0.2, 0.25) is 0 Å². The number of hydrogen-bond acceptors (Lipinski definition) is 5. The maximum absolute atomic E-state index is 11.5. The second-order valence-electron chi connectivity index (χ2n) is 6.03. The lowest BCUT2D eigenvalue weighted by Gasteiger charge is -2.22. The summed E-state index contributed by atoms with van der Waals surface area (Å²) >= 11 is 1.69. The molecule has 0 saturated carbocycles. The topological polar surface area (TPSA) is 75.8 Å². The van der Waals surface area contributed by atoms with Crippen molar-refractivity contribution in [2.24, 2.45) is 10.2 Å². The molecule has 1 unspecified atom stereocenters. The van der Waals surface area contributed by atoms with Gasteiger partial charge in [-0.3, -0.25) is 5.01 Å². The third-order valence-electron chi connectivity index (χ3n) is 4.32. The van der Waals surface area contributed by atoms with Crippen LogP contribution in [-0.4, -0.2) is 14.1 Å². The molecule has 2 N–H and O–H groups in total. The third kappa shape index (κ3) is 3.29. The average Bonchev–Trinajstić information content (AvgIpc) is 3.31. The largest absolute Gasteiger partial charge is 0.257 e. The fraction of sp³-hybridized carbons (Fsp3) is 0.105. The second kappa shape index (κ2) is 6.68. The van der Waals surface area contributed by atoms with Gasteiger partial charge in [-0.1, -0.05) is 36.4 Å². The molecular formula is C19H17N3O2S2. The molecule has 1 atom stereocenters. The Morgan fingerprint density at radius 2 is 1.73 bits per heavy atom. The van der Waals surface area contributed by atoms with Crippen molar-refractivity contribution in [1.82, 2.24) is 0 Å². The number of thiophene rings is 1. The van der Waals surface area contributed by atoms with Crippen molar-refractivity contribution >= 4 is 32.8 Å². The van der Waals surface area contributed by atoms with E-state index >= 15 is 0 Å². The minimum Gasteiger partial charge on any atom is -0.257 e. The molecule has 2 heterocycles. The molecule has 26 heavy (non-hydrogen) atoms. The van der Waals surface area contributed by atoms with E-state index in [2.05, 4.69) is 23.6 Å². The fourth-order valence-electron chi connectivity index (χ4n) is 3.04. The van der Waals surface area contributed by atoms with Crippen molar-refractivity contribution in [1.29, 1.82) is 0 Å². The molecule has 4 rings (SSSR count). The molecular weight excluding hydrogens is 366 g/mol. The maximum atomic E-state index is 11.5. The van der Waals surface area contributed by atoms with Crippen LogP contribution in [0.25, 0.3) is 0 Å². The number of sulfonamides is 1. The van der Waals surface area contributed by atoms with E-state index in [4.69, 9.17) is 10.2 Å². The number of anilines is 1. The summed E-state index contributed by atoms with van der Waals surface area (Å²) in [6, 6.07) is 20.9. The minimum atomic E-state index is -3.71. The number of nitrogens with two attached hydrogens (primary N) is 1. The summed E-state index contributed by atoms with van der Waals surface area (Å²) < 4.78 is 23.0. The van der Waals surface area contributed by atoms with Crippen LogP contribution in [0, 0.1) is 0 Å². The first-order valence-corrected chi connectivity index (χ1v) is 10.5. The molecule has 0 saturated heterocycles. The van der Waals surface area contributed by atoms with Gasteiger partial charge in [0.1, 0.15) is 0 Å². The van der Waals surface area contributed by atoms with Crippen molar-refractivity contribution in [3.8, 4) is 0 Å². The van der Waals surface area contributed by atoms with Crippen LogP contribution in [-0.2, 0) is 10.0 Å². The average molecular weight is 383 g/mol. The lowest BCUT2D eigenvalue weighted by Crippen LogP contribution is -2.18. The van der Waals surface area contributed by atoms with E-state index in [1.807, 2.05) is 29.3 Å². The SMILES string of the molecule is NS(=O)(=O)c1ccc(N2N=C(c3ccccc3)CC2c2cccs2)cc1. The van der Waals surface area contributed by atoms with E-state index in [9.17, 15) is 8.42 Å². The fourth-order valence-corrected chi connectivity index (χ4v) is 4.37. The van der Waals surface area contributed by atoms with Crippen LogP contribution in [0.3, 0.4) is 0 Å². The highest BCUT2D eigenvalue weighted by Crippen LogP contribution is 2.38. The number of primary sulfonamides is 1. The van der Waals surface area contributed by atoms with E-state index in [1.54, 1.807) is 23.5 Å². The summed E-state index contributed by atoms with van der Waals surface area (Å²) in [6.45, 7) is 0. The molecule has 1 aliphatic rings. The van der Waals surface area contributed by atoms with E-state index < -0.39 is 10.0 Å². The van der Waals surface area contributed by atoms with Crippen LogP contribution in [0.1, 0.15) is 22.9 Å². The van der Waals surface area contributed by atoms with E-state index in [-0.39, 0.29) is 10.9 Å². The Labute approximate surface area is 156 Å². The van der Waals surface area contributed by atoms with Gasteiger partial charge < -0.3 is 0 Å². The Bertz CT molecular complexity index is 1030. The van der Waals surface area contributed by atoms with Crippen LogP contribution in [0.5, 0.6) is 0 Å². The van der Waals surface area contributed by atoms with Crippen LogP contribution < -0.4 is 10.1 Å². The molecule has 3 aromatic rings. The smallest absolute Gasteiger partial charge is 0.238 e. The molecule has 0 radical (unpaired) electrons. The van der Waals surface area contributed by atoms with Crippen molar-refractivity contribution in [2.45, 2.75) is 17.4 Å². The van der Waals surface area contributed by atoms with Crippen molar-refractivity contribution in [3.05, 3.63) is 82.6 Å². The molecule has 1 aromatic heterocycles. The molecule has 132 valence electrons.